The molecular weight excluding hydrogens is 404 g/mol. The van der Waals surface area contributed by atoms with Crippen LogP contribution in [0.5, 0.6) is 0 Å². The van der Waals surface area contributed by atoms with Gasteiger partial charge < -0.3 is 0 Å². The Morgan fingerprint density at radius 1 is 0.633 bits per heavy atom. The van der Waals surface area contributed by atoms with Crippen LogP contribution >= 0.6 is 23.5 Å². The van der Waals surface area contributed by atoms with E-state index in [2.05, 4.69) is 82.2 Å². The number of aromatic nitrogens is 2. The quantitative estimate of drug-likeness (QED) is 0.288. The van der Waals surface area contributed by atoms with E-state index in [-0.39, 0.29) is 0 Å². The first-order valence-electron chi connectivity index (χ1n) is 9.47. The predicted molar refractivity (Wildman–Crippen MR) is 130 cm³/mol. The van der Waals surface area contributed by atoms with E-state index in [1.54, 1.807) is 35.7 Å². The second kappa shape index (κ2) is 10.6. The molecule has 4 heteroatoms. The SMILES string of the molecule is C(#CCSc1cccc2cccnc12)/C=C\C#CCSc1cccc2cccnc12. The summed E-state index contributed by atoms with van der Waals surface area (Å²) in [6.07, 6.45) is 7.27. The van der Waals surface area contributed by atoms with E-state index in [1.165, 1.54) is 0 Å². The Balaban J connectivity index is 1.25. The van der Waals surface area contributed by atoms with Crippen molar-refractivity contribution in [2.75, 3.05) is 11.5 Å². The van der Waals surface area contributed by atoms with E-state index < -0.39 is 0 Å². The van der Waals surface area contributed by atoms with Gasteiger partial charge in [-0.15, -0.1) is 23.5 Å². The maximum absolute atomic E-state index is 4.47. The number of hydrogen-bond donors (Lipinski definition) is 0. The van der Waals surface area contributed by atoms with Crippen molar-refractivity contribution in [3.8, 4) is 23.7 Å². The van der Waals surface area contributed by atoms with Crippen LogP contribution in [-0.2, 0) is 0 Å². The van der Waals surface area contributed by atoms with Crippen molar-refractivity contribution in [1.29, 1.82) is 0 Å². The second-order valence-electron chi connectivity index (χ2n) is 6.22. The molecule has 0 fully saturated rings. The van der Waals surface area contributed by atoms with Crippen molar-refractivity contribution < 1.29 is 0 Å². The summed E-state index contributed by atoms with van der Waals surface area (Å²) < 4.78 is 0. The van der Waals surface area contributed by atoms with Crippen LogP contribution in [-0.4, -0.2) is 21.5 Å². The summed E-state index contributed by atoms with van der Waals surface area (Å²) in [5.41, 5.74) is 2.07. The number of para-hydroxylation sites is 2. The highest BCUT2D eigenvalue weighted by molar-refractivity contribution is 8.00. The summed E-state index contributed by atoms with van der Waals surface area (Å²) in [7, 11) is 0. The maximum atomic E-state index is 4.47. The number of fused-ring (bicyclic) bond motifs is 2. The zero-order valence-corrected chi connectivity index (χ0v) is 17.8. The maximum Gasteiger partial charge on any atom is 0.0837 e. The van der Waals surface area contributed by atoms with Crippen LogP contribution in [0.15, 0.2) is 95.0 Å². The van der Waals surface area contributed by atoms with Crippen LogP contribution in [0.25, 0.3) is 21.8 Å². The van der Waals surface area contributed by atoms with Gasteiger partial charge in [0.1, 0.15) is 0 Å². The van der Waals surface area contributed by atoms with E-state index in [1.807, 2.05) is 24.5 Å². The van der Waals surface area contributed by atoms with Crippen LogP contribution in [0.1, 0.15) is 0 Å². The molecule has 0 aliphatic rings. The largest absolute Gasteiger partial charge is 0.255 e. The van der Waals surface area contributed by atoms with Crippen LogP contribution in [0, 0.1) is 23.7 Å². The lowest BCUT2D eigenvalue weighted by Crippen LogP contribution is -1.82. The van der Waals surface area contributed by atoms with Gasteiger partial charge in [-0.2, -0.15) is 0 Å². The van der Waals surface area contributed by atoms with Gasteiger partial charge in [-0.05, 0) is 36.4 Å². The topological polar surface area (TPSA) is 25.8 Å². The number of thioether (sulfide) groups is 2. The minimum atomic E-state index is 0.720. The van der Waals surface area contributed by atoms with Crippen molar-refractivity contribution >= 4 is 45.3 Å². The Bertz CT molecular complexity index is 1210. The van der Waals surface area contributed by atoms with Gasteiger partial charge >= 0.3 is 0 Å². The summed E-state index contributed by atoms with van der Waals surface area (Å²) in [6, 6.07) is 20.5. The summed E-state index contributed by atoms with van der Waals surface area (Å²) in [5.74, 6) is 13.8. The fourth-order valence-electron chi connectivity index (χ4n) is 2.90. The van der Waals surface area contributed by atoms with Crippen LogP contribution in [0.2, 0.25) is 0 Å². The third kappa shape index (κ3) is 5.24. The lowest BCUT2D eigenvalue weighted by Gasteiger charge is -2.02. The van der Waals surface area contributed by atoms with Gasteiger partial charge in [0.15, 0.2) is 0 Å². The molecule has 0 amide bonds. The molecule has 0 aliphatic carbocycles. The number of hydrogen-bond acceptors (Lipinski definition) is 4. The Hall–Kier alpha value is -3.18. The number of allylic oxidation sites excluding steroid dienone is 2. The van der Waals surface area contributed by atoms with Gasteiger partial charge in [0.25, 0.3) is 0 Å². The summed E-state index contributed by atoms with van der Waals surface area (Å²) in [6.45, 7) is 0. The molecule has 0 spiro atoms. The second-order valence-corrected chi connectivity index (χ2v) is 8.25. The number of nitrogens with zero attached hydrogens (tertiary/aromatic N) is 2. The highest BCUT2D eigenvalue weighted by Crippen LogP contribution is 2.26. The first-order valence-corrected chi connectivity index (χ1v) is 11.4. The van der Waals surface area contributed by atoms with Gasteiger partial charge in [-0.25, -0.2) is 0 Å². The highest BCUT2D eigenvalue weighted by Gasteiger charge is 2.01. The summed E-state index contributed by atoms with van der Waals surface area (Å²) in [4.78, 5) is 11.3. The Kier molecular flexibility index (Phi) is 7.07. The Labute approximate surface area is 185 Å². The lowest BCUT2D eigenvalue weighted by molar-refractivity contribution is 1.35. The average molecular weight is 423 g/mol. The van der Waals surface area contributed by atoms with Crippen molar-refractivity contribution in [3.63, 3.8) is 0 Å². The van der Waals surface area contributed by atoms with Gasteiger partial charge in [-0.1, -0.05) is 60.1 Å². The van der Waals surface area contributed by atoms with Crippen molar-refractivity contribution in [2.45, 2.75) is 9.79 Å². The zero-order chi connectivity index (χ0) is 20.4. The molecule has 0 saturated carbocycles. The van der Waals surface area contributed by atoms with Gasteiger partial charge in [-0.3, -0.25) is 9.97 Å². The summed E-state index contributed by atoms with van der Waals surface area (Å²) >= 11 is 3.41. The molecule has 0 saturated heterocycles. The Morgan fingerprint density at radius 2 is 1.10 bits per heavy atom. The van der Waals surface area contributed by atoms with E-state index >= 15 is 0 Å². The normalized spacial score (nSPS) is 10.5. The molecular formula is C26H18N2S2. The van der Waals surface area contributed by atoms with Crippen molar-refractivity contribution in [1.82, 2.24) is 9.97 Å². The molecule has 0 N–H and O–H groups in total. The molecule has 0 radical (unpaired) electrons. The molecule has 4 aromatic rings. The smallest absolute Gasteiger partial charge is 0.0837 e. The average Bonchev–Trinajstić information content (AvgIpc) is 2.80. The third-order valence-electron chi connectivity index (χ3n) is 4.25. The molecule has 4 rings (SSSR count). The van der Waals surface area contributed by atoms with Crippen molar-refractivity contribution in [2.24, 2.45) is 0 Å². The number of benzene rings is 2. The number of rotatable bonds is 4. The lowest BCUT2D eigenvalue weighted by atomic mass is 10.2. The minimum Gasteiger partial charge on any atom is -0.255 e. The monoisotopic (exact) mass is 422 g/mol. The molecule has 0 bridgehead atoms. The fourth-order valence-corrected chi connectivity index (χ4v) is 4.48. The van der Waals surface area contributed by atoms with Crippen LogP contribution in [0.4, 0.5) is 0 Å². The van der Waals surface area contributed by atoms with Gasteiger partial charge in [0, 0.05) is 33.0 Å². The van der Waals surface area contributed by atoms with Crippen molar-refractivity contribution in [3.05, 3.63) is 85.2 Å². The zero-order valence-electron chi connectivity index (χ0n) is 16.2. The molecule has 144 valence electrons. The van der Waals surface area contributed by atoms with E-state index in [9.17, 15) is 0 Å². The third-order valence-corrected chi connectivity index (χ3v) is 6.10. The van der Waals surface area contributed by atoms with E-state index in [0.717, 1.165) is 43.1 Å². The molecule has 2 aromatic heterocycles. The molecule has 2 nitrogen and oxygen atoms in total. The Morgan fingerprint density at radius 3 is 1.60 bits per heavy atom. The standard InChI is InChI=1S/C26H18N2S2/c1(3-5-19-29-23-15-7-11-21-13-9-17-27-25(21)23)2-4-6-20-30-24-16-8-12-22-14-10-18-28-26(22)24/h1-2,7-18H,19-20H2/b2-1-. The predicted octanol–water partition coefficient (Wildman–Crippen LogP) is 6.23. The highest BCUT2D eigenvalue weighted by atomic mass is 32.2. The van der Waals surface area contributed by atoms with Gasteiger partial charge in [0.05, 0.1) is 22.5 Å². The first kappa shape index (κ1) is 20.1. The molecule has 30 heavy (non-hydrogen) atoms. The van der Waals surface area contributed by atoms with Crippen LogP contribution in [0.3, 0.4) is 0 Å². The molecule has 0 unspecified atom stereocenters. The first-order chi connectivity index (χ1) is 14.9. The minimum absolute atomic E-state index is 0.720. The van der Waals surface area contributed by atoms with Crippen LogP contribution < -0.4 is 0 Å². The number of pyridine rings is 2. The fraction of sp³-hybridized carbons (Fsp3) is 0.0769. The van der Waals surface area contributed by atoms with Gasteiger partial charge in [0.2, 0.25) is 0 Å². The summed E-state index contributed by atoms with van der Waals surface area (Å²) in [5, 5.41) is 2.31. The molecule has 2 heterocycles. The molecule has 2 aromatic carbocycles. The molecule has 0 aliphatic heterocycles. The van der Waals surface area contributed by atoms with E-state index in [0.29, 0.717) is 0 Å². The molecule has 0 atom stereocenters. The van der Waals surface area contributed by atoms with E-state index in [4.69, 9.17) is 0 Å².